The lowest BCUT2D eigenvalue weighted by Crippen LogP contribution is -2.32. The van der Waals surface area contributed by atoms with E-state index in [1.54, 1.807) is 6.92 Å². The quantitative estimate of drug-likeness (QED) is 0.0743. The van der Waals surface area contributed by atoms with Gasteiger partial charge in [0.25, 0.3) is 36.3 Å². The van der Waals surface area contributed by atoms with Gasteiger partial charge in [-0.1, -0.05) is 19.1 Å². The van der Waals surface area contributed by atoms with Crippen LogP contribution in [-0.4, -0.2) is 74.8 Å². The van der Waals surface area contributed by atoms with Crippen molar-refractivity contribution in [2.24, 2.45) is 0 Å². The van der Waals surface area contributed by atoms with Crippen LogP contribution in [0, 0.1) is 5.41 Å². The van der Waals surface area contributed by atoms with Crippen molar-refractivity contribution in [1.82, 2.24) is 4.90 Å². The number of nitrogens with one attached hydrogen (secondary N) is 1. The predicted molar refractivity (Wildman–Crippen MR) is 156 cm³/mol. The van der Waals surface area contributed by atoms with Crippen molar-refractivity contribution >= 4 is 58.7 Å². The van der Waals surface area contributed by atoms with E-state index in [-0.39, 0.29) is 45.4 Å². The molecule has 0 bridgehead atoms. The topological polar surface area (TPSA) is 264 Å². The van der Waals surface area contributed by atoms with E-state index < -0.39 is 80.7 Å². The monoisotopic (exact) mass is 667 g/mol. The molecule has 18 heteroatoms. The molecule has 0 atom stereocenters. The van der Waals surface area contributed by atoms with Crippen molar-refractivity contribution in [2.75, 3.05) is 25.1 Å². The average Bonchev–Trinajstić information content (AvgIpc) is 2.91. The van der Waals surface area contributed by atoms with Gasteiger partial charge in [-0.15, -0.1) is 0 Å². The molecule has 1 aliphatic heterocycles. The molecule has 0 saturated carbocycles. The van der Waals surface area contributed by atoms with Crippen LogP contribution in [0.2, 0.25) is 0 Å². The predicted octanol–water partition coefficient (Wildman–Crippen LogP) is 2.31. The summed E-state index contributed by atoms with van der Waals surface area (Å²) in [4.78, 5) is 25.3. The molecule has 0 unspecified atom stereocenters. The highest BCUT2D eigenvalue weighted by molar-refractivity contribution is 7.86. The summed E-state index contributed by atoms with van der Waals surface area (Å²) < 4.78 is 107. The number of nitrogen functional groups attached to an aromatic ring is 1. The van der Waals surface area contributed by atoms with Gasteiger partial charge >= 0.3 is 0 Å². The van der Waals surface area contributed by atoms with Crippen LogP contribution >= 0.6 is 0 Å². The summed E-state index contributed by atoms with van der Waals surface area (Å²) in [6.45, 7) is 1.10. The second kappa shape index (κ2) is 11.4. The molecule has 0 spiro atoms. The maximum atomic E-state index is 13.7. The van der Waals surface area contributed by atoms with Crippen LogP contribution in [0.4, 0.5) is 5.69 Å². The highest BCUT2D eigenvalue weighted by Gasteiger charge is 2.32. The molecule has 1 heterocycles. The molecule has 4 rings (SSSR count). The first-order chi connectivity index (χ1) is 20.3. The Hall–Kier alpha value is -4.20. The summed E-state index contributed by atoms with van der Waals surface area (Å²) in [5, 5.41) is 7.25. The van der Waals surface area contributed by atoms with Crippen molar-refractivity contribution < 1.29 is 52.9 Å². The molecule has 0 saturated heterocycles. The van der Waals surface area contributed by atoms with E-state index in [2.05, 4.69) is 0 Å². The Morgan fingerprint density at radius 3 is 2.09 bits per heavy atom. The lowest BCUT2D eigenvalue weighted by molar-refractivity contribution is 0.0803. The highest BCUT2D eigenvalue weighted by atomic mass is 32.2. The van der Waals surface area contributed by atoms with Gasteiger partial charge in [0.2, 0.25) is 0 Å². The van der Waals surface area contributed by atoms with Gasteiger partial charge in [-0.3, -0.25) is 28.7 Å². The lowest BCUT2D eigenvalue weighted by Gasteiger charge is -2.23. The van der Waals surface area contributed by atoms with Crippen molar-refractivity contribution in [3.63, 3.8) is 0 Å². The van der Waals surface area contributed by atoms with Crippen LogP contribution in [0.3, 0.4) is 0 Å². The Balaban J connectivity index is 2.23. The maximum Gasteiger partial charge on any atom is 0.300 e. The summed E-state index contributed by atoms with van der Waals surface area (Å²) >= 11 is 0. The van der Waals surface area contributed by atoms with Gasteiger partial charge in [0, 0.05) is 47.7 Å². The maximum absolute atomic E-state index is 13.7. The van der Waals surface area contributed by atoms with Gasteiger partial charge in [0.1, 0.15) is 0 Å². The van der Waals surface area contributed by atoms with Crippen molar-refractivity contribution in [3.8, 4) is 22.5 Å². The number of carbonyl (C=O) groups excluding carboxylic acids is 2. The molecule has 44 heavy (non-hydrogen) atoms. The van der Waals surface area contributed by atoms with Crippen LogP contribution in [0.25, 0.3) is 33.4 Å². The van der Waals surface area contributed by atoms with Crippen LogP contribution in [0.15, 0.2) is 56.7 Å². The van der Waals surface area contributed by atoms with Crippen molar-refractivity contribution in [1.29, 1.82) is 5.41 Å². The van der Waals surface area contributed by atoms with Gasteiger partial charge in [0.05, 0.1) is 16.8 Å². The summed E-state index contributed by atoms with van der Waals surface area (Å²) in [5.41, 5.74) is 4.23. The Morgan fingerprint density at radius 1 is 0.909 bits per heavy atom. The Labute approximate surface area is 251 Å². The van der Waals surface area contributed by atoms with Crippen molar-refractivity contribution in [2.45, 2.75) is 23.1 Å². The number of nitrogens with two attached hydrogens (primary N) is 1. The minimum atomic E-state index is -5.19. The number of benzene rings is 3. The molecule has 0 fully saturated rings. The van der Waals surface area contributed by atoms with E-state index in [0.29, 0.717) is 0 Å². The first-order valence-corrected chi connectivity index (χ1v) is 16.9. The van der Waals surface area contributed by atoms with Crippen LogP contribution < -0.4 is 11.1 Å². The molecular weight excluding hydrogens is 642 g/mol. The van der Waals surface area contributed by atoms with E-state index >= 15 is 0 Å². The fraction of sp³-hybridized carbons (Fsp3) is 0.192. The highest BCUT2D eigenvalue weighted by Crippen LogP contribution is 2.45. The van der Waals surface area contributed by atoms with E-state index in [4.69, 9.17) is 15.6 Å². The summed E-state index contributed by atoms with van der Waals surface area (Å²) in [5.74, 6) is -2.77. The minimum absolute atomic E-state index is 0.0442. The van der Waals surface area contributed by atoms with Crippen molar-refractivity contribution in [3.05, 3.63) is 58.9 Å². The number of ketones is 1. The molecule has 6 N–H and O–H groups in total. The van der Waals surface area contributed by atoms with E-state index in [1.807, 2.05) is 0 Å². The molecule has 1 amide bonds. The molecule has 0 aromatic heterocycles. The fourth-order valence-electron chi connectivity index (χ4n) is 4.67. The number of nitrogens with zero attached hydrogens (tertiary/aromatic N) is 1. The average molecular weight is 668 g/mol. The molecule has 15 nitrogen and oxygen atoms in total. The summed E-state index contributed by atoms with van der Waals surface area (Å²) in [6.07, 6.45) is 0.0443. The third-order valence-electron chi connectivity index (χ3n) is 6.71. The largest absolute Gasteiger partial charge is 0.453 e. The van der Waals surface area contributed by atoms with Gasteiger partial charge in [-0.25, -0.2) is 0 Å². The number of fused-ring (bicyclic) bond motifs is 2. The number of carbonyl (C=O) groups is 2. The number of Topliss-reactive ketones (excluding diaryl/α,β-unsaturated/α-hetero) is 1. The van der Waals surface area contributed by atoms with Crippen LogP contribution in [0.1, 0.15) is 34.1 Å². The summed E-state index contributed by atoms with van der Waals surface area (Å²) in [6, 6.07) is 8.46. The number of anilines is 1. The smallest absolute Gasteiger partial charge is 0.300 e. The standard InChI is InChI=1S/C26H25N3O12S3/c1-3-20(30)13-4-5-14(17(12-13)26(31)29(2)10-11-42(32,33)34)21-15-6-8-18(27)24(43(35,36)37)22(15)41-23-16(21)7-9-19(28)25(23)44(38,39)40/h4-9,12,27H,3,10-11,28H2,1-2H3,(H,32,33,34)(H,35,36,37)(H,38,39,40). The molecule has 0 radical (unpaired) electrons. The third-order valence-corrected chi connectivity index (χ3v) is 9.26. The third kappa shape index (κ3) is 6.21. The second-order valence-corrected chi connectivity index (χ2v) is 13.9. The lowest BCUT2D eigenvalue weighted by atomic mass is 9.88. The van der Waals surface area contributed by atoms with E-state index in [0.717, 1.165) is 17.0 Å². The van der Waals surface area contributed by atoms with Crippen LogP contribution in [-0.2, 0) is 30.4 Å². The normalized spacial score (nSPS) is 12.5. The van der Waals surface area contributed by atoms with Gasteiger partial charge in [-0.05, 0) is 35.9 Å². The number of hydrogen-bond donors (Lipinski definition) is 5. The van der Waals surface area contributed by atoms with E-state index in [1.165, 1.54) is 37.4 Å². The zero-order valence-corrected chi connectivity index (χ0v) is 25.4. The van der Waals surface area contributed by atoms with E-state index in [9.17, 15) is 48.5 Å². The zero-order valence-electron chi connectivity index (χ0n) is 22.9. The number of amides is 1. The van der Waals surface area contributed by atoms with Gasteiger partial charge in [0.15, 0.2) is 26.9 Å². The second-order valence-electron chi connectivity index (χ2n) is 9.66. The van der Waals surface area contributed by atoms with Gasteiger partial charge < -0.3 is 15.1 Å². The first-order valence-electron chi connectivity index (χ1n) is 12.5. The molecule has 1 aliphatic carbocycles. The Kier molecular flexibility index (Phi) is 8.46. The number of rotatable bonds is 9. The number of hydrogen-bond acceptors (Lipinski definition) is 11. The molecule has 2 aromatic rings. The molecule has 2 aliphatic rings. The molecule has 2 aromatic carbocycles. The molecular formula is C26H25N3O12S3. The SMILES string of the molecule is CCC(=O)c1ccc(-c2c3ccc(=N)c(S(=O)(=O)O)c-3oc3c(S(=O)(=O)O)c(N)ccc23)c(C(=O)N(C)CCS(=O)(=O)O)c1. The fourth-order valence-corrected chi connectivity index (χ4v) is 6.66. The summed E-state index contributed by atoms with van der Waals surface area (Å²) in [7, 11) is -13.6. The Bertz CT molecular complexity index is 2230. The van der Waals surface area contributed by atoms with Crippen LogP contribution in [0.5, 0.6) is 0 Å². The first kappa shape index (κ1) is 32.7. The van der Waals surface area contributed by atoms with Gasteiger partial charge in [-0.2, -0.15) is 25.3 Å². The minimum Gasteiger partial charge on any atom is -0.453 e. The Morgan fingerprint density at radius 2 is 1.52 bits per heavy atom. The zero-order chi connectivity index (χ0) is 32.9. The molecule has 234 valence electrons.